The molecular formula is C16H15BrN2O4S. The molecule has 2 N–H and O–H groups in total. The molecule has 0 saturated heterocycles. The van der Waals surface area contributed by atoms with Crippen LogP contribution in [0, 0.1) is 6.92 Å². The molecule has 24 heavy (non-hydrogen) atoms. The number of aryl methyl sites for hydroxylation is 1. The Kier molecular flexibility index (Phi) is 4.51. The number of hydrogen-bond acceptors (Lipinski definition) is 4. The second-order valence-corrected chi connectivity index (χ2v) is 7.90. The van der Waals surface area contributed by atoms with E-state index in [0.717, 1.165) is 5.56 Å². The van der Waals surface area contributed by atoms with Gasteiger partial charge in [-0.1, -0.05) is 17.7 Å². The molecule has 1 amide bonds. The fourth-order valence-corrected chi connectivity index (χ4v) is 4.37. The standard InChI is InChI=1S/C16H15BrN2O4S/c1-10-2-4-11(5-3-10)19-24(21,22)15-9-14-13(8-12(15)17)18-16(20)6-7-23-14/h2-5,8-9,19H,6-7H2,1H3,(H,18,20). The summed E-state index contributed by atoms with van der Waals surface area (Å²) in [6.45, 7) is 2.12. The molecule has 0 spiro atoms. The number of benzene rings is 2. The molecule has 0 radical (unpaired) electrons. The third kappa shape index (κ3) is 3.54. The molecule has 8 heteroatoms. The Morgan fingerprint density at radius 1 is 1.21 bits per heavy atom. The Balaban J connectivity index is 1.97. The molecule has 2 aromatic carbocycles. The summed E-state index contributed by atoms with van der Waals surface area (Å²) in [6.07, 6.45) is 0.218. The molecule has 0 atom stereocenters. The third-order valence-electron chi connectivity index (χ3n) is 3.49. The number of nitrogens with one attached hydrogen (secondary N) is 2. The number of sulfonamides is 1. The number of halogens is 1. The van der Waals surface area contributed by atoms with E-state index >= 15 is 0 Å². The topological polar surface area (TPSA) is 84.5 Å². The monoisotopic (exact) mass is 410 g/mol. The van der Waals surface area contributed by atoms with Crippen LogP contribution in [0.3, 0.4) is 0 Å². The highest BCUT2D eigenvalue weighted by Crippen LogP contribution is 2.36. The van der Waals surface area contributed by atoms with E-state index in [0.29, 0.717) is 21.6 Å². The summed E-state index contributed by atoms with van der Waals surface area (Å²) in [5.41, 5.74) is 1.95. The summed E-state index contributed by atoms with van der Waals surface area (Å²) >= 11 is 3.26. The van der Waals surface area contributed by atoms with Crippen LogP contribution in [0.1, 0.15) is 12.0 Å². The lowest BCUT2D eigenvalue weighted by Crippen LogP contribution is -2.14. The number of carbonyl (C=O) groups excluding carboxylic acids is 1. The summed E-state index contributed by atoms with van der Waals surface area (Å²) < 4.78 is 33.7. The fraction of sp³-hybridized carbons (Fsp3) is 0.188. The van der Waals surface area contributed by atoms with Crippen molar-refractivity contribution in [2.45, 2.75) is 18.2 Å². The van der Waals surface area contributed by atoms with Crippen molar-refractivity contribution in [3.8, 4) is 5.75 Å². The number of rotatable bonds is 3. The van der Waals surface area contributed by atoms with Crippen molar-refractivity contribution in [2.75, 3.05) is 16.6 Å². The zero-order valence-electron chi connectivity index (χ0n) is 12.8. The summed E-state index contributed by atoms with van der Waals surface area (Å²) in [7, 11) is -3.81. The van der Waals surface area contributed by atoms with Gasteiger partial charge >= 0.3 is 0 Å². The summed E-state index contributed by atoms with van der Waals surface area (Å²) in [6, 6.07) is 9.97. The molecule has 0 fully saturated rings. The Bertz CT molecular complexity index is 895. The SMILES string of the molecule is Cc1ccc(NS(=O)(=O)c2cc3c(cc2Br)NC(=O)CCO3)cc1. The molecule has 0 aliphatic carbocycles. The number of amides is 1. The predicted octanol–water partition coefficient (Wildman–Crippen LogP) is 3.28. The van der Waals surface area contributed by atoms with Crippen LogP contribution in [0.5, 0.6) is 5.75 Å². The minimum absolute atomic E-state index is 0.0398. The van der Waals surface area contributed by atoms with E-state index in [1.807, 2.05) is 19.1 Å². The van der Waals surface area contributed by atoms with Crippen molar-refractivity contribution in [3.05, 3.63) is 46.4 Å². The van der Waals surface area contributed by atoms with Crippen molar-refractivity contribution >= 4 is 43.2 Å². The van der Waals surface area contributed by atoms with E-state index in [4.69, 9.17) is 4.74 Å². The number of fused-ring (bicyclic) bond motifs is 1. The highest BCUT2D eigenvalue weighted by molar-refractivity contribution is 9.10. The minimum Gasteiger partial charge on any atom is -0.491 e. The zero-order chi connectivity index (χ0) is 17.3. The van der Waals surface area contributed by atoms with Crippen LogP contribution in [0.2, 0.25) is 0 Å². The highest BCUT2D eigenvalue weighted by Gasteiger charge is 2.23. The van der Waals surface area contributed by atoms with Crippen LogP contribution in [-0.2, 0) is 14.8 Å². The second kappa shape index (κ2) is 6.45. The smallest absolute Gasteiger partial charge is 0.263 e. The zero-order valence-corrected chi connectivity index (χ0v) is 15.2. The average molecular weight is 411 g/mol. The summed E-state index contributed by atoms with van der Waals surface area (Å²) in [4.78, 5) is 11.6. The van der Waals surface area contributed by atoms with Gasteiger partial charge in [0, 0.05) is 16.2 Å². The van der Waals surface area contributed by atoms with Crippen molar-refractivity contribution in [2.24, 2.45) is 0 Å². The number of ether oxygens (including phenoxy) is 1. The van der Waals surface area contributed by atoms with Crippen LogP contribution < -0.4 is 14.8 Å². The lowest BCUT2D eigenvalue weighted by Gasteiger charge is -2.13. The lowest BCUT2D eigenvalue weighted by molar-refractivity contribution is -0.116. The molecule has 1 aliphatic rings. The number of carbonyl (C=O) groups is 1. The summed E-state index contributed by atoms with van der Waals surface area (Å²) in [5, 5.41) is 2.69. The largest absolute Gasteiger partial charge is 0.491 e. The molecule has 3 rings (SSSR count). The Morgan fingerprint density at radius 2 is 1.92 bits per heavy atom. The second-order valence-electron chi connectivity index (χ2n) is 5.40. The van der Waals surface area contributed by atoms with Crippen LogP contribution >= 0.6 is 15.9 Å². The molecular weight excluding hydrogens is 396 g/mol. The average Bonchev–Trinajstić information content (AvgIpc) is 2.68. The van der Waals surface area contributed by atoms with Crippen LogP contribution in [0.4, 0.5) is 11.4 Å². The minimum atomic E-state index is -3.81. The van der Waals surface area contributed by atoms with E-state index in [2.05, 4.69) is 26.0 Å². The molecule has 0 unspecified atom stereocenters. The first-order valence-corrected chi connectivity index (χ1v) is 9.48. The molecule has 0 aromatic heterocycles. The molecule has 6 nitrogen and oxygen atoms in total. The lowest BCUT2D eigenvalue weighted by atomic mass is 10.2. The first kappa shape index (κ1) is 16.8. The maximum absolute atomic E-state index is 12.7. The van der Waals surface area contributed by atoms with Gasteiger partial charge in [-0.25, -0.2) is 8.42 Å². The first-order chi connectivity index (χ1) is 11.3. The van der Waals surface area contributed by atoms with Gasteiger partial charge in [-0.3, -0.25) is 9.52 Å². The predicted molar refractivity (Wildman–Crippen MR) is 94.9 cm³/mol. The fourth-order valence-electron chi connectivity index (χ4n) is 2.26. The molecule has 0 saturated carbocycles. The first-order valence-electron chi connectivity index (χ1n) is 7.21. The van der Waals surface area contributed by atoms with Gasteiger partial charge < -0.3 is 10.1 Å². The highest BCUT2D eigenvalue weighted by atomic mass is 79.9. The van der Waals surface area contributed by atoms with E-state index in [1.165, 1.54) is 12.1 Å². The van der Waals surface area contributed by atoms with Gasteiger partial charge in [0.15, 0.2) is 0 Å². The quantitative estimate of drug-likeness (QED) is 0.812. The van der Waals surface area contributed by atoms with Crippen LogP contribution in [-0.4, -0.2) is 20.9 Å². The van der Waals surface area contributed by atoms with Crippen LogP contribution in [0.15, 0.2) is 45.8 Å². The van der Waals surface area contributed by atoms with E-state index in [-0.39, 0.29) is 23.8 Å². The van der Waals surface area contributed by atoms with Crippen molar-refractivity contribution in [1.82, 2.24) is 0 Å². The molecule has 1 aliphatic heterocycles. The van der Waals surface area contributed by atoms with Crippen LogP contribution in [0.25, 0.3) is 0 Å². The van der Waals surface area contributed by atoms with Gasteiger partial charge in [0.25, 0.3) is 10.0 Å². The van der Waals surface area contributed by atoms with Crippen molar-refractivity contribution < 1.29 is 17.9 Å². The van der Waals surface area contributed by atoms with Gasteiger partial charge in [-0.2, -0.15) is 0 Å². The van der Waals surface area contributed by atoms with Crippen molar-refractivity contribution in [1.29, 1.82) is 0 Å². The Labute approximate surface area is 148 Å². The van der Waals surface area contributed by atoms with Gasteiger partial charge in [-0.05, 0) is 41.1 Å². The van der Waals surface area contributed by atoms with Gasteiger partial charge in [0.05, 0.1) is 18.7 Å². The maximum atomic E-state index is 12.7. The molecule has 2 aromatic rings. The van der Waals surface area contributed by atoms with E-state index in [1.54, 1.807) is 12.1 Å². The Morgan fingerprint density at radius 3 is 2.62 bits per heavy atom. The van der Waals surface area contributed by atoms with E-state index < -0.39 is 10.0 Å². The number of hydrogen-bond donors (Lipinski definition) is 2. The van der Waals surface area contributed by atoms with E-state index in [9.17, 15) is 13.2 Å². The summed E-state index contributed by atoms with van der Waals surface area (Å²) in [5.74, 6) is 0.155. The third-order valence-corrected chi connectivity index (χ3v) is 5.83. The molecule has 126 valence electrons. The number of anilines is 2. The van der Waals surface area contributed by atoms with Gasteiger partial charge in [0.1, 0.15) is 10.6 Å². The van der Waals surface area contributed by atoms with Gasteiger partial charge in [-0.15, -0.1) is 0 Å². The molecule has 1 heterocycles. The van der Waals surface area contributed by atoms with Crippen molar-refractivity contribution in [3.63, 3.8) is 0 Å². The Hall–Kier alpha value is -2.06. The van der Waals surface area contributed by atoms with Gasteiger partial charge in [0.2, 0.25) is 5.91 Å². The molecule has 0 bridgehead atoms. The maximum Gasteiger partial charge on any atom is 0.263 e. The normalized spacial score (nSPS) is 14.2.